The second-order valence-electron chi connectivity index (χ2n) is 3.41. The summed E-state index contributed by atoms with van der Waals surface area (Å²) in [5.41, 5.74) is 1.66. The van der Waals surface area contributed by atoms with Crippen LogP contribution in [0.25, 0.3) is 0 Å². The molecule has 0 spiro atoms. The molecule has 1 aliphatic rings. The number of carbonyl (C=O) groups excluding carboxylic acids is 2. The van der Waals surface area contributed by atoms with E-state index in [1.165, 1.54) is 7.11 Å². The van der Waals surface area contributed by atoms with E-state index in [2.05, 4.69) is 10.1 Å². The third kappa shape index (κ3) is 1.70. The lowest BCUT2D eigenvalue weighted by atomic mass is 9.97. The molecule has 1 atom stereocenters. The van der Waals surface area contributed by atoms with E-state index in [1.54, 1.807) is 0 Å². The number of esters is 1. The molecule has 1 N–H and O–H groups in total. The van der Waals surface area contributed by atoms with Gasteiger partial charge in [0.05, 0.1) is 19.4 Å². The third-order valence-electron chi connectivity index (χ3n) is 2.51. The van der Waals surface area contributed by atoms with Gasteiger partial charge >= 0.3 is 5.97 Å². The van der Waals surface area contributed by atoms with E-state index in [-0.39, 0.29) is 18.3 Å². The molecule has 1 heterocycles. The summed E-state index contributed by atoms with van der Waals surface area (Å²) in [5, 5.41) is 2.73. The smallest absolute Gasteiger partial charge is 0.306 e. The molecule has 4 heteroatoms. The number of anilines is 1. The van der Waals surface area contributed by atoms with Gasteiger partial charge in [-0.15, -0.1) is 0 Å². The van der Waals surface area contributed by atoms with Gasteiger partial charge in [0.25, 0.3) is 0 Å². The van der Waals surface area contributed by atoms with Crippen molar-refractivity contribution in [1.82, 2.24) is 0 Å². The first-order valence-electron chi connectivity index (χ1n) is 4.69. The SMILES string of the molecule is COC(=O)C[C@@H]1C(=O)Nc2ccccc21. The predicted octanol–water partition coefficient (Wildman–Crippen LogP) is 1.29. The molecular weight excluding hydrogens is 194 g/mol. The maximum Gasteiger partial charge on any atom is 0.306 e. The summed E-state index contributed by atoms with van der Waals surface area (Å²) < 4.78 is 4.56. The van der Waals surface area contributed by atoms with E-state index in [1.807, 2.05) is 24.3 Å². The molecular formula is C11H11NO3. The van der Waals surface area contributed by atoms with Crippen molar-refractivity contribution in [2.24, 2.45) is 0 Å². The van der Waals surface area contributed by atoms with Crippen LogP contribution in [0, 0.1) is 0 Å². The summed E-state index contributed by atoms with van der Waals surface area (Å²) in [6.07, 6.45) is 0.0966. The predicted molar refractivity (Wildman–Crippen MR) is 54.4 cm³/mol. The van der Waals surface area contributed by atoms with Crippen LogP contribution in [0.1, 0.15) is 17.9 Å². The standard InChI is InChI=1S/C11H11NO3/c1-15-10(13)6-8-7-4-2-3-5-9(7)12-11(8)14/h2-5,8H,6H2,1H3,(H,12,14)/t8-/m0/s1. The van der Waals surface area contributed by atoms with Gasteiger partial charge < -0.3 is 10.1 Å². The zero-order valence-corrected chi connectivity index (χ0v) is 8.32. The fourth-order valence-corrected chi connectivity index (χ4v) is 1.73. The topological polar surface area (TPSA) is 55.4 Å². The molecule has 78 valence electrons. The largest absolute Gasteiger partial charge is 0.469 e. The molecule has 0 radical (unpaired) electrons. The second kappa shape index (κ2) is 3.73. The van der Waals surface area contributed by atoms with E-state index < -0.39 is 5.92 Å². The van der Waals surface area contributed by atoms with E-state index in [9.17, 15) is 9.59 Å². The number of hydrogen-bond acceptors (Lipinski definition) is 3. The Hall–Kier alpha value is -1.84. The molecule has 0 unspecified atom stereocenters. The average Bonchev–Trinajstić information content (AvgIpc) is 2.55. The minimum Gasteiger partial charge on any atom is -0.469 e. The Morgan fingerprint density at radius 3 is 2.93 bits per heavy atom. The van der Waals surface area contributed by atoms with Gasteiger partial charge in [0.2, 0.25) is 5.91 Å². The number of hydrogen-bond donors (Lipinski definition) is 1. The van der Waals surface area contributed by atoms with Gasteiger partial charge in [-0.1, -0.05) is 18.2 Å². The molecule has 1 aromatic rings. The number of ether oxygens (including phenoxy) is 1. The van der Waals surface area contributed by atoms with Crippen LogP contribution in [0.3, 0.4) is 0 Å². The van der Waals surface area contributed by atoms with Crippen molar-refractivity contribution in [3.8, 4) is 0 Å². The first-order chi connectivity index (χ1) is 7.22. The van der Waals surface area contributed by atoms with Crippen LogP contribution in [0.2, 0.25) is 0 Å². The van der Waals surface area contributed by atoms with Crippen LogP contribution in [-0.2, 0) is 14.3 Å². The minimum atomic E-state index is -0.409. The van der Waals surface area contributed by atoms with E-state index in [4.69, 9.17) is 0 Å². The second-order valence-corrected chi connectivity index (χ2v) is 3.41. The van der Waals surface area contributed by atoms with Gasteiger partial charge in [0, 0.05) is 5.69 Å². The molecule has 1 aliphatic heterocycles. The van der Waals surface area contributed by atoms with Crippen molar-refractivity contribution in [1.29, 1.82) is 0 Å². The lowest BCUT2D eigenvalue weighted by molar-refractivity contribution is -0.142. The average molecular weight is 205 g/mol. The Balaban J connectivity index is 2.26. The highest BCUT2D eigenvalue weighted by Crippen LogP contribution is 2.34. The minimum absolute atomic E-state index is 0.0966. The Bertz CT molecular complexity index is 414. The van der Waals surface area contributed by atoms with Crippen molar-refractivity contribution in [3.05, 3.63) is 29.8 Å². The summed E-state index contributed by atoms with van der Waals surface area (Å²) in [5.74, 6) is -0.915. The lowest BCUT2D eigenvalue weighted by Gasteiger charge is -2.06. The van der Waals surface area contributed by atoms with Gasteiger partial charge in [-0.3, -0.25) is 9.59 Å². The van der Waals surface area contributed by atoms with Crippen LogP contribution in [0.5, 0.6) is 0 Å². The number of benzene rings is 1. The normalized spacial score (nSPS) is 18.2. The fraction of sp³-hybridized carbons (Fsp3) is 0.273. The molecule has 4 nitrogen and oxygen atoms in total. The Labute approximate surface area is 87.2 Å². The molecule has 0 aromatic heterocycles. The molecule has 0 bridgehead atoms. The number of methoxy groups -OCH3 is 1. The molecule has 2 rings (SSSR count). The lowest BCUT2D eigenvalue weighted by Crippen LogP contribution is -2.16. The molecule has 1 aromatic carbocycles. The summed E-state index contributed by atoms with van der Waals surface area (Å²) in [7, 11) is 1.32. The first-order valence-corrected chi connectivity index (χ1v) is 4.69. The zero-order valence-electron chi connectivity index (χ0n) is 8.32. The molecule has 1 amide bonds. The fourth-order valence-electron chi connectivity index (χ4n) is 1.73. The number of rotatable bonds is 2. The van der Waals surface area contributed by atoms with Crippen LogP contribution >= 0.6 is 0 Å². The van der Waals surface area contributed by atoms with Gasteiger partial charge in [-0.25, -0.2) is 0 Å². The van der Waals surface area contributed by atoms with Crippen LogP contribution in [0.15, 0.2) is 24.3 Å². The van der Waals surface area contributed by atoms with Crippen molar-refractivity contribution in [2.75, 3.05) is 12.4 Å². The summed E-state index contributed by atoms with van der Waals surface area (Å²) in [6, 6.07) is 7.37. The van der Waals surface area contributed by atoms with Crippen LogP contribution in [-0.4, -0.2) is 19.0 Å². The van der Waals surface area contributed by atoms with E-state index in [0.29, 0.717) is 0 Å². The Morgan fingerprint density at radius 2 is 2.20 bits per heavy atom. The molecule has 0 saturated heterocycles. The molecule has 0 saturated carbocycles. The first kappa shape index (κ1) is 9.71. The van der Waals surface area contributed by atoms with Gasteiger partial charge in [-0.2, -0.15) is 0 Å². The van der Waals surface area contributed by atoms with Crippen molar-refractivity contribution in [2.45, 2.75) is 12.3 Å². The monoisotopic (exact) mass is 205 g/mol. The number of amides is 1. The highest BCUT2D eigenvalue weighted by molar-refractivity contribution is 6.04. The third-order valence-corrected chi connectivity index (χ3v) is 2.51. The highest BCUT2D eigenvalue weighted by Gasteiger charge is 2.32. The summed E-state index contributed by atoms with van der Waals surface area (Å²) in [6.45, 7) is 0. The van der Waals surface area contributed by atoms with Crippen molar-refractivity contribution >= 4 is 17.6 Å². The number of para-hydroxylation sites is 1. The summed E-state index contributed by atoms with van der Waals surface area (Å²) >= 11 is 0. The Morgan fingerprint density at radius 1 is 1.47 bits per heavy atom. The van der Waals surface area contributed by atoms with E-state index in [0.717, 1.165) is 11.3 Å². The quantitative estimate of drug-likeness (QED) is 0.740. The number of nitrogens with one attached hydrogen (secondary N) is 1. The maximum absolute atomic E-state index is 11.6. The van der Waals surface area contributed by atoms with Gasteiger partial charge in [0.15, 0.2) is 0 Å². The zero-order chi connectivity index (χ0) is 10.8. The molecule has 0 aliphatic carbocycles. The molecule has 15 heavy (non-hydrogen) atoms. The van der Waals surface area contributed by atoms with Crippen LogP contribution in [0.4, 0.5) is 5.69 Å². The summed E-state index contributed by atoms with van der Waals surface area (Å²) in [4.78, 5) is 22.7. The van der Waals surface area contributed by atoms with Gasteiger partial charge in [0.1, 0.15) is 0 Å². The van der Waals surface area contributed by atoms with Crippen molar-refractivity contribution < 1.29 is 14.3 Å². The van der Waals surface area contributed by atoms with Crippen LogP contribution < -0.4 is 5.32 Å². The van der Waals surface area contributed by atoms with Gasteiger partial charge in [-0.05, 0) is 11.6 Å². The highest BCUT2D eigenvalue weighted by atomic mass is 16.5. The Kier molecular flexibility index (Phi) is 2.41. The number of carbonyl (C=O) groups is 2. The molecule has 0 fully saturated rings. The number of fused-ring (bicyclic) bond motifs is 1. The maximum atomic E-state index is 11.6. The van der Waals surface area contributed by atoms with Crippen molar-refractivity contribution in [3.63, 3.8) is 0 Å². The van der Waals surface area contributed by atoms with E-state index >= 15 is 0 Å².